The molecule has 4 heteroatoms. The number of piperidine rings is 1. The van der Waals surface area contributed by atoms with E-state index in [0.717, 1.165) is 30.5 Å². The van der Waals surface area contributed by atoms with E-state index in [1.165, 1.54) is 19.3 Å². The van der Waals surface area contributed by atoms with Gasteiger partial charge in [-0.05, 0) is 32.2 Å². The van der Waals surface area contributed by atoms with Crippen LogP contribution in [0.4, 0.5) is 5.82 Å². The number of nitrogens with zero attached hydrogens (tertiary/aromatic N) is 2. The molecule has 17 heavy (non-hydrogen) atoms. The van der Waals surface area contributed by atoms with Gasteiger partial charge in [-0.2, -0.15) is 5.10 Å². The van der Waals surface area contributed by atoms with Crippen molar-refractivity contribution in [2.24, 2.45) is 13.0 Å². The maximum absolute atomic E-state index is 4.34. The molecule has 2 atom stereocenters. The summed E-state index contributed by atoms with van der Waals surface area (Å²) in [6, 6.07) is 2.70. The second kappa shape index (κ2) is 5.54. The van der Waals surface area contributed by atoms with E-state index in [9.17, 15) is 0 Å². The number of rotatable bonds is 4. The van der Waals surface area contributed by atoms with Crippen LogP contribution in [-0.2, 0) is 7.05 Å². The topological polar surface area (TPSA) is 41.9 Å². The highest BCUT2D eigenvalue weighted by Gasteiger charge is 2.19. The predicted octanol–water partition coefficient (Wildman–Crippen LogP) is 1.92. The molecule has 4 nitrogen and oxygen atoms in total. The largest absolute Gasteiger partial charge is 0.369 e. The Morgan fingerprint density at radius 1 is 1.59 bits per heavy atom. The quantitative estimate of drug-likeness (QED) is 0.839. The highest BCUT2D eigenvalue weighted by atomic mass is 15.3. The van der Waals surface area contributed by atoms with Gasteiger partial charge < -0.3 is 10.6 Å². The monoisotopic (exact) mass is 236 g/mol. The average Bonchev–Trinajstić information content (AvgIpc) is 2.65. The van der Waals surface area contributed by atoms with Gasteiger partial charge in [-0.1, -0.05) is 13.3 Å². The van der Waals surface area contributed by atoms with Crippen LogP contribution in [0.1, 0.15) is 31.9 Å². The van der Waals surface area contributed by atoms with Crippen molar-refractivity contribution in [3.05, 3.63) is 11.8 Å². The minimum absolute atomic E-state index is 0.601. The van der Waals surface area contributed by atoms with Gasteiger partial charge in [-0.25, -0.2) is 0 Å². The van der Waals surface area contributed by atoms with Crippen LogP contribution in [0.25, 0.3) is 0 Å². The fourth-order valence-electron chi connectivity index (χ4n) is 2.63. The van der Waals surface area contributed by atoms with Gasteiger partial charge in [-0.3, -0.25) is 4.68 Å². The summed E-state index contributed by atoms with van der Waals surface area (Å²) in [6.07, 6.45) is 3.93. The third-order valence-corrected chi connectivity index (χ3v) is 3.71. The zero-order chi connectivity index (χ0) is 12.3. The SMILES string of the molecule is CCC1CCNC(CNc2cc(C)nn2C)C1. The number of aromatic nitrogens is 2. The summed E-state index contributed by atoms with van der Waals surface area (Å²) in [5.41, 5.74) is 1.07. The Labute approximate surface area is 104 Å². The molecule has 2 heterocycles. The summed E-state index contributed by atoms with van der Waals surface area (Å²) < 4.78 is 1.91. The maximum atomic E-state index is 4.34. The Morgan fingerprint density at radius 3 is 3.06 bits per heavy atom. The van der Waals surface area contributed by atoms with Gasteiger partial charge in [0.05, 0.1) is 5.69 Å². The summed E-state index contributed by atoms with van der Waals surface area (Å²) in [5, 5.41) is 11.4. The van der Waals surface area contributed by atoms with Crippen LogP contribution < -0.4 is 10.6 Å². The molecule has 96 valence electrons. The molecular formula is C13H24N4. The molecule has 2 unspecified atom stereocenters. The van der Waals surface area contributed by atoms with Gasteiger partial charge in [0.1, 0.15) is 5.82 Å². The molecule has 1 fully saturated rings. The Kier molecular flexibility index (Phi) is 4.05. The zero-order valence-electron chi connectivity index (χ0n) is 11.2. The van der Waals surface area contributed by atoms with E-state index < -0.39 is 0 Å². The lowest BCUT2D eigenvalue weighted by atomic mass is 9.90. The van der Waals surface area contributed by atoms with E-state index in [4.69, 9.17) is 0 Å². The van der Waals surface area contributed by atoms with Crippen LogP contribution in [0.15, 0.2) is 6.07 Å². The first kappa shape index (κ1) is 12.4. The third kappa shape index (κ3) is 3.22. The van der Waals surface area contributed by atoms with E-state index in [-0.39, 0.29) is 0 Å². The summed E-state index contributed by atoms with van der Waals surface area (Å²) in [5.74, 6) is 2.01. The first-order chi connectivity index (χ1) is 8.19. The Balaban J connectivity index is 1.83. The van der Waals surface area contributed by atoms with Crippen molar-refractivity contribution < 1.29 is 0 Å². The molecule has 1 aliphatic rings. The molecule has 0 radical (unpaired) electrons. The van der Waals surface area contributed by atoms with Crippen molar-refractivity contribution in [3.63, 3.8) is 0 Å². The Morgan fingerprint density at radius 2 is 2.41 bits per heavy atom. The van der Waals surface area contributed by atoms with Gasteiger partial charge >= 0.3 is 0 Å². The molecule has 0 amide bonds. The number of hydrogen-bond donors (Lipinski definition) is 2. The standard InChI is InChI=1S/C13H24N4/c1-4-11-5-6-14-12(8-11)9-15-13-7-10(2)16-17(13)3/h7,11-12,14-15H,4-6,8-9H2,1-3H3. The van der Waals surface area contributed by atoms with Crippen LogP contribution >= 0.6 is 0 Å². The van der Waals surface area contributed by atoms with E-state index in [0.29, 0.717) is 6.04 Å². The van der Waals surface area contributed by atoms with Crippen LogP contribution in [0.2, 0.25) is 0 Å². The molecule has 0 saturated carbocycles. The minimum Gasteiger partial charge on any atom is -0.369 e. The van der Waals surface area contributed by atoms with Crippen LogP contribution in [0.5, 0.6) is 0 Å². The summed E-state index contributed by atoms with van der Waals surface area (Å²) in [6.45, 7) is 6.48. The molecule has 1 aliphatic heterocycles. The van der Waals surface area contributed by atoms with Crippen LogP contribution in [0, 0.1) is 12.8 Å². The van der Waals surface area contributed by atoms with Crippen molar-refractivity contribution in [1.82, 2.24) is 15.1 Å². The van der Waals surface area contributed by atoms with Gasteiger partial charge in [0, 0.05) is 25.7 Å². The molecule has 1 aromatic heterocycles. The molecule has 0 aliphatic carbocycles. The van der Waals surface area contributed by atoms with Crippen molar-refractivity contribution in [3.8, 4) is 0 Å². The van der Waals surface area contributed by atoms with Crippen LogP contribution in [-0.4, -0.2) is 28.9 Å². The smallest absolute Gasteiger partial charge is 0.124 e. The first-order valence-corrected chi connectivity index (χ1v) is 6.67. The first-order valence-electron chi connectivity index (χ1n) is 6.67. The third-order valence-electron chi connectivity index (χ3n) is 3.71. The van der Waals surface area contributed by atoms with Crippen molar-refractivity contribution in [2.75, 3.05) is 18.4 Å². The van der Waals surface area contributed by atoms with Gasteiger partial charge in [0.2, 0.25) is 0 Å². The average molecular weight is 236 g/mol. The summed E-state index contributed by atoms with van der Waals surface area (Å²) >= 11 is 0. The molecule has 0 spiro atoms. The van der Waals surface area contributed by atoms with E-state index in [2.05, 4.69) is 28.7 Å². The summed E-state index contributed by atoms with van der Waals surface area (Å²) in [4.78, 5) is 0. The van der Waals surface area contributed by atoms with Crippen molar-refractivity contribution >= 4 is 5.82 Å². The number of nitrogens with one attached hydrogen (secondary N) is 2. The molecular weight excluding hydrogens is 212 g/mol. The highest BCUT2D eigenvalue weighted by Crippen LogP contribution is 2.19. The Hall–Kier alpha value is -1.03. The highest BCUT2D eigenvalue weighted by molar-refractivity contribution is 5.36. The van der Waals surface area contributed by atoms with Gasteiger partial charge in [0.25, 0.3) is 0 Å². The predicted molar refractivity (Wildman–Crippen MR) is 71.2 cm³/mol. The van der Waals surface area contributed by atoms with E-state index in [1.54, 1.807) is 0 Å². The van der Waals surface area contributed by atoms with E-state index in [1.807, 2.05) is 18.7 Å². The molecule has 0 bridgehead atoms. The number of aryl methyl sites for hydroxylation is 2. The fraction of sp³-hybridized carbons (Fsp3) is 0.769. The maximum Gasteiger partial charge on any atom is 0.124 e. The van der Waals surface area contributed by atoms with Crippen molar-refractivity contribution in [1.29, 1.82) is 0 Å². The molecule has 0 aromatic carbocycles. The molecule has 1 saturated heterocycles. The second-order valence-electron chi connectivity index (χ2n) is 5.13. The van der Waals surface area contributed by atoms with Crippen LogP contribution in [0.3, 0.4) is 0 Å². The Bertz CT molecular complexity index is 358. The molecule has 2 N–H and O–H groups in total. The van der Waals surface area contributed by atoms with Gasteiger partial charge in [0.15, 0.2) is 0 Å². The normalized spacial score (nSPS) is 24.9. The zero-order valence-corrected chi connectivity index (χ0v) is 11.2. The molecule has 1 aromatic rings. The lowest BCUT2D eigenvalue weighted by molar-refractivity contribution is 0.302. The fourth-order valence-corrected chi connectivity index (χ4v) is 2.63. The number of anilines is 1. The minimum atomic E-state index is 0.601. The lowest BCUT2D eigenvalue weighted by Gasteiger charge is -2.30. The number of hydrogen-bond acceptors (Lipinski definition) is 3. The van der Waals surface area contributed by atoms with Gasteiger partial charge in [-0.15, -0.1) is 0 Å². The lowest BCUT2D eigenvalue weighted by Crippen LogP contribution is -2.42. The second-order valence-corrected chi connectivity index (χ2v) is 5.13. The molecule has 2 rings (SSSR count). The van der Waals surface area contributed by atoms with E-state index >= 15 is 0 Å². The van der Waals surface area contributed by atoms with Crippen molar-refractivity contribution in [2.45, 2.75) is 39.2 Å². The summed E-state index contributed by atoms with van der Waals surface area (Å²) in [7, 11) is 1.98.